The Morgan fingerprint density at radius 1 is 1.40 bits per heavy atom. The Balaban J connectivity index is 1.72. The molecule has 3 heterocycles. The van der Waals surface area contributed by atoms with E-state index in [-0.39, 0.29) is 5.91 Å². The normalized spacial score (nSPS) is 21.6. The van der Waals surface area contributed by atoms with Crippen molar-refractivity contribution >= 4 is 40.7 Å². The summed E-state index contributed by atoms with van der Waals surface area (Å²) in [6.45, 7) is 4.82. The van der Waals surface area contributed by atoms with Crippen molar-refractivity contribution < 1.29 is 4.79 Å². The van der Waals surface area contributed by atoms with Gasteiger partial charge in [-0.25, -0.2) is 0 Å². The van der Waals surface area contributed by atoms with Crippen molar-refractivity contribution in [1.82, 2.24) is 14.7 Å². The Morgan fingerprint density at radius 2 is 2.20 bits per heavy atom. The van der Waals surface area contributed by atoms with E-state index in [9.17, 15) is 4.79 Å². The van der Waals surface area contributed by atoms with Gasteiger partial charge in [-0.05, 0) is 24.8 Å². The average molecular weight is 308 g/mol. The van der Waals surface area contributed by atoms with Crippen molar-refractivity contribution in [1.29, 1.82) is 0 Å². The zero-order valence-electron chi connectivity index (χ0n) is 11.3. The highest BCUT2D eigenvalue weighted by Crippen LogP contribution is 2.31. The van der Waals surface area contributed by atoms with E-state index >= 15 is 0 Å². The zero-order valence-corrected chi connectivity index (χ0v) is 12.9. The number of aromatic nitrogens is 2. The fourth-order valence-corrected chi connectivity index (χ4v) is 3.93. The number of nitrogens with zero attached hydrogens (tertiary/aromatic N) is 4. The number of carbonyl (C=O) groups is 1. The quantitative estimate of drug-likeness (QED) is 0.781. The number of hydrogen-bond acceptors (Lipinski definition) is 5. The number of amides is 1. The number of aryl methyl sites for hydroxylation is 1. The fourth-order valence-electron chi connectivity index (χ4n) is 2.07. The molecule has 0 bridgehead atoms. The third-order valence-electron chi connectivity index (χ3n) is 3.17. The molecule has 7 heteroatoms. The van der Waals surface area contributed by atoms with Gasteiger partial charge in [-0.1, -0.05) is 0 Å². The van der Waals surface area contributed by atoms with Crippen LogP contribution in [0.5, 0.6) is 0 Å². The van der Waals surface area contributed by atoms with E-state index in [1.807, 2.05) is 35.6 Å². The van der Waals surface area contributed by atoms with E-state index in [2.05, 4.69) is 15.0 Å². The van der Waals surface area contributed by atoms with Gasteiger partial charge < -0.3 is 4.90 Å². The summed E-state index contributed by atoms with van der Waals surface area (Å²) in [7, 11) is 0. The molecule has 1 aromatic rings. The van der Waals surface area contributed by atoms with Crippen molar-refractivity contribution in [2.24, 2.45) is 4.99 Å². The molecule has 0 aromatic carbocycles. The largest absolute Gasteiger partial charge is 0.349 e. The maximum Gasteiger partial charge on any atom is 0.286 e. The molecule has 2 aliphatic heterocycles. The Hall–Kier alpha value is -1.21. The second-order valence-corrected chi connectivity index (χ2v) is 6.77. The van der Waals surface area contributed by atoms with Crippen LogP contribution in [0.2, 0.25) is 0 Å². The molecule has 20 heavy (non-hydrogen) atoms. The monoisotopic (exact) mass is 308 g/mol. The first-order chi connectivity index (χ1) is 9.76. The van der Waals surface area contributed by atoms with Gasteiger partial charge in [0.05, 0.1) is 11.1 Å². The van der Waals surface area contributed by atoms with Gasteiger partial charge in [0.2, 0.25) is 0 Å². The van der Waals surface area contributed by atoms with Crippen molar-refractivity contribution in [3.05, 3.63) is 22.9 Å². The molecular formula is C13H16N4OS2. The number of aliphatic imine (C=N–C) groups is 1. The average Bonchev–Trinajstić information content (AvgIpc) is 3.08. The molecule has 106 valence electrons. The SMILES string of the molecule is CCn1cc(/C=C2\SC(N3CCSCC3)=NC2=O)cn1. The second-order valence-electron chi connectivity index (χ2n) is 4.54. The minimum Gasteiger partial charge on any atom is -0.349 e. The molecule has 1 amide bonds. The Labute approximate surface area is 126 Å². The molecule has 0 spiro atoms. The van der Waals surface area contributed by atoms with Crippen LogP contribution < -0.4 is 0 Å². The topological polar surface area (TPSA) is 50.5 Å². The van der Waals surface area contributed by atoms with Gasteiger partial charge in [0, 0.05) is 42.9 Å². The maximum atomic E-state index is 12.0. The van der Waals surface area contributed by atoms with Gasteiger partial charge in [-0.3, -0.25) is 9.48 Å². The van der Waals surface area contributed by atoms with Crippen LogP contribution in [0.4, 0.5) is 0 Å². The van der Waals surface area contributed by atoms with Crippen LogP contribution in [0, 0.1) is 0 Å². The van der Waals surface area contributed by atoms with Gasteiger partial charge in [0.1, 0.15) is 0 Å². The summed E-state index contributed by atoms with van der Waals surface area (Å²) in [4.78, 5) is 19.0. The van der Waals surface area contributed by atoms with Gasteiger partial charge in [0.25, 0.3) is 5.91 Å². The minimum absolute atomic E-state index is 0.132. The van der Waals surface area contributed by atoms with Gasteiger partial charge in [-0.2, -0.15) is 21.9 Å². The van der Waals surface area contributed by atoms with Crippen LogP contribution >= 0.6 is 23.5 Å². The van der Waals surface area contributed by atoms with Crippen LogP contribution in [0.25, 0.3) is 6.08 Å². The first-order valence-electron chi connectivity index (χ1n) is 6.64. The molecule has 1 saturated heterocycles. The van der Waals surface area contributed by atoms with E-state index in [0.29, 0.717) is 4.91 Å². The van der Waals surface area contributed by atoms with Crippen molar-refractivity contribution in [3.63, 3.8) is 0 Å². The van der Waals surface area contributed by atoms with Crippen LogP contribution in [0.15, 0.2) is 22.3 Å². The summed E-state index contributed by atoms with van der Waals surface area (Å²) < 4.78 is 1.85. The Kier molecular flexibility index (Phi) is 4.16. The fraction of sp³-hybridized carbons (Fsp3) is 0.462. The van der Waals surface area contributed by atoms with Crippen LogP contribution in [-0.4, -0.2) is 50.4 Å². The lowest BCUT2D eigenvalue weighted by Gasteiger charge is -2.26. The van der Waals surface area contributed by atoms with E-state index in [1.54, 1.807) is 6.20 Å². The maximum absolute atomic E-state index is 12.0. The molecule has 0 atom stereocenters. The molecule has 1 aromatic heterocycles. The smallest absolute Gasteiger partial charge is 0.286 e. The molecule has 2 aliphatic rings. The molecule has 0 N–H and O–H groups in total. The summed E-state index contributed by atoms with van der Waals surface area (Å²) in [6, 6.07) is 0. The molecule has 0 radical (unpaired) electrons. The molecule has 0 unspecified atom stereocenters. The highest BCUT2D eigenvalue weighted by molar-refractivity contribution is 8.18. The summed E-state index contributed by atoms with van der Waals surface area (Å²) in [6.07, 6.45) is 5.59. The minimum atomic E-state index is -0.132. The predicted octanol–water partition coefficient (Wildman–Crippen LogP) is 1.92. The van der Waals surface area contributed by atoms with Crippen molar-refractivity contribution in [2.75, 3.05) is 24.6 Å². The van der Waals surface area contributed by atoms with Crippen molar-refractivity contribution in [3.8, 4) is 0 Å². The zero-order chi connectivity index (χ0) is 13.9. The Morgan fingerprint density at radius 3 is 2.90 bits per heavy atom. The number of thioether (sulfide) groups is 2. The summed E-state index contributed by atoms with van der Waals surface area (Å²) in [5, 5.41) is 5.06. The molecule has 0 aliphatic carbocycles. The van der Waals surface area contributed by atoms with Gasteiger partial charge in [0.15, 0.2) is 5.17 Å². The lowest BCUT2D eigenvalue weighted by Crippen LogP contribution is -2.35. The van der Waals surface area contributed by atoms with Crippen LogP contribution in [0.1, 0.15) is 12.5 Å². The molecule has 5 nitrogen and oxygen atoms in total. The highest BCUT2D eigenvalue weighted by atomic mass is 32.2. The number of carbonyl (C=O) groups excluding carboxylic acids is 1. The van der Waals surface area contributed by atoms with Crippen LogP contribution in [-0.2, 0) is 11.3 Å². The predicted molar refractivity (Wildman–Crippen MR) is 84.8 cm³/mol. The molecular weight excluding hydrogens is 292 g/mol. The first-order valence-corrected chi connectivity index (χ1v) is 8.61. The first kappa shape index (κ1) is 13.8. The summed E-state index contributed by atoms with van der Waals surface area (Å²) in [5.41, 5.74) is 0.952. The Bertz CT molecular complexity index is 573. The third-order valence-corrected chi connectivity index (χ3v) is 5.15. The van der Waals surface area contributed by atoms with E-state index < -0.39 is 0 Å². The number of hydrogen-bond donors (Lipinski definition) is 0. The molecule has 3 rings (SSSR count). The van der Waals surface area contributed by atoms with E-state index in [1.165, 1.54) is 11.8 Å². The van der Waals surface area contributed by atoms with E-state index in [0.717, 1.165) is 41.9 Å². The lowest BCUT2D eigenvalue weighted by atomic mass is 10.3. The molecule has 0 saturated carbocycles. The standard InChI is InChI=1S/C13H16N4OS2/c1-2-17-9-10(8-14-17)7-11-12(18)15-13(20-11)16-3-5-19-6-4-16/h7-9H,2-6H2,1H3/b11-7-. The highest BCUT2D eigenvalue weighted by Gasteiger charge is 2.27. The van der Waals surface area contributed by atoms with E-state index in [4.69, 9.17) is 0 Å². The van der Waals surface area contributed by atoms with Gasteiger partial charge >= 0.3 is 0 Å². The third kappa shape index (κ3) is 2.93. The van der Waals surface area contributed by atoms with Gasteiger partial charge in [-0.15, -0.1) is 0 Å². The summed E-state index contributed by atoms with van der Waals surface area (Å²) >= 11 is 3.43. The molecule has 1 fully saturated rings. The number of amidine groups is 1. The van der Waals surface area contributed by atoms with Crippen LogP contribution in [0.3, 0.4) is 0 Å². The number of rotatable bonds is 2. The lowest BCUT2D eigenvalue weighted by molar-refractivity contribution is -0.113. The van der Waals surface area contributed by atoms with Crippen molar-refractivity contribution in [2.45, 2.75) is 13.5 Å². The second kappa shape index (κ2) is 6.05. The summed E-state index contributed by atoms with van der Waals surface area (Å²) in [5.74, 6) is 2.08.